The van der Waals surface area contributed by atoms with Crippen LogP contribution in [0.1, 0.15) is 16.1 Å². The van der Waals surface area contributed by atoms with Crippen molar-refractivity contribution in [2.75, 3.05) is 5.32 Å². The normalized spacial score (nSPS) is 11.2. The number of nitrogens with zero attached hydrogens (tertiary/aromatic N) is 2. The van der Waals surface area contributed by atoms with Crippen molar-refractivity contribution in [1.82, 2.24) is 10.3 Å². The van der Waals surface area contributed by atoms with Crippen molar-refractivity contribution in [3.8, 4) is 0 Å². The lowest BCUT2D eigenvalue weighted by Crippen LogP contribution is -2.36. The molecule has 0 aliphatic heterocycles. The second-order valence-electron chi connectivity index (χ2n) is 5.70. The van der Waals surface area contributed by atoms with E-state index in [2.05, 4.69) is 20.6 Å². The fraction of sp³-hybridized carbons (Fsp3) is 0.0500. The molecule has 0 aliphatic carbocycles. The van der Waals surface area contributed by atoms with E-state index < -0.39 is 17.5 Å². The summed E-state index contributed by atoms with van der Waals surface area (Å²) in [5.74, 6) is -1.57. The molecule has 142 valence electrons. The molecule has 0 radical (unpaired) electrons. The number of nitrogens with one attached hydrogen (secondary N) is 2. The van der Waals surface area contributed by atoms with Crippen LogP contribution in [-0.2, 0) is 6.54 Å². The minimum atomic E-state index is -0.567. The molecule has 3 rings (SSSR count). The fourth-order valence-corrected chi connectivity index (χ4v) is 2.46. The topological polar surface area (TPSA) is 66.4 Å². The third-order valence-corrected chi connectivity index (χ3v) is 3.92. The molecule has 3 aromatic rings. The van der Waals surface area contributed by atoms with Crippen molar-refractivity contribution >= 4 is 29.2 Å². The van der Waals surface area contributed by atoms with E-state index in [9.17, 15) is 13.6 Å². The maximum atomic E-state index is 13.4. The first kappa shape index (κ1) is 19.4. The first-order valence-electron chi connectivity index (χ1n) is 8.24. The zero-order valence-electron chi connectivity index (χ0n) is 14.5. The second-order valence-corrected chi connectivity index (χ2v) is 6.11. The van der Waals surface area contributed by atoms with Crippen molar-refractivity contribution < 1.29 is 13.6 Å². The number of carbonyl (C=O) groups is 1. The highest BCUT2D eigenvalue weighted by molar-refractivity contribution is 6.31. The predicted octanol–water partition coefficient (Wildman–Crippen LogP) is 4.41. The summed E-state index contributed by atoms with van der Waals surface area (Å²) < 4.78 is 26.8. The van der Waals surface area contributed by atoms with Gasteiger partial charge in [0.1, 0.15) is 11.6 Å². The van der Waals surface area contributed by atoms with Gasteiger partial charge in [0, 0.05) is 17.4 Å². The minimum Gasteiger partial charge on any atom is -0.326 e. The van der Waals surface area contributed by atoms with Crippen LogP contribution < -0.4 is 10.6 Å². The van der Waals surface area contributed by atoms with Crippen molar-refractivity contribution in [1.29, 1.82) is 0 Å². The molecule has 1 heterocycles. The third kappa shape index (κ3) is 5.34. The van der Waals surface area contributed by atoms with Crippen molar-refractivity contribution in [2.45, 2.75) is 6.54 Å². The molecule has 0 aliphatic rings. The number of aliphatic imine (C=N–C) groups is 1. The fourth-order valence-electron chi connectivity index (χ4n) is 2.28. The highest BCUT2D eigenvalue weighted by Crippen LogP contribution is 2.19. The number of aromatic nitrogens is 1. The Morgan fingerprint density at radius 1 is 1.07 bits per heavy atom. The van der Waals surface area contributed by atoms with Gasteiger partial charge in [0.05, 0.1) is 17.3 Å². The highest BCUT2D eigenvalue weighted by atomic mass is 35.5. The van der Waals surface area contributed by atoms with Gasteiger partial charge < -0.3 is 5.32 Å². The molecule has 0 spiro atoms. The van der Waals surface area contributed by atoms with Crippen LogP contribution in [0.4, 0.5) is 14.5 Å². The van der Waals surface area contributed by atoms with Crippen LogP contribution in [0.3, 0.4) is 0 Å². The van der Waals surface area contributed by atoms with Gasteiger partial charge in [-0.15, -0.1) is 0 Å². The molecule has 0 saturated heterocycles. The Bertz CT molecular complexity index is 1010. The number of benzene rings is 2. The van der Waals surface area contributed by atoms with Crippen molar-refractivity contribution in [3.05, 3.63) is 94.8 Å². The Labute approximate surface area is 165 Å². The second kappa shape index (κ2) is 9.05. The number of guanidine groups is 1. The molecule has 5 nitrogen and oxygen atoms in total. The lowest BCUT2D eigenvalue weighted by Gasteiger charge is -2.12. The van der Waals surface area contributed by atoms with Crippen LogP contribution in [-0.4, -0.2) is 16.9 Å². The SMILES string of the molecule is O=C(NC(=NCc1ccccn1)Nc1ccc(F)c(Cl)c1)c1cccc(F)c1. The Morgan fingerprint density at radius 3 is 2.64 bits per heavy atom. The number of pyridine rings is 1. The van der Waals surface area contributed by atoms with Crippen molar-refractivity contribution in [3.63, 3.8) is 0 Å². The number of hydrogen-bond acceptors (Lipinski definition) is 3. The van der Waals surface area contributed by atoms with Gasteiger partial charge in [0.25, 0.3) is 5.91 Å². The van der Waals surface area contributed by atoms with Crippen LogP contribution in [0.5, 0.6) is 0 Å². The standard InChI is InChI=1S/C20H15ClF2N4O/c21-17-11-15(7-8-18(17)23)26-20(25-12-16-6-1-2-9-24-16)27-19(28)13-4-3-5-14(22)10-13/h1-11H,12H2,(H2,25,26,27,28). The molecule has 1 amide bonds. The molecule has 28 heavy (non-hydrogen) atoms. The largest absolute Gasteiger partial charge is 0.326 e. The Kier molecular flexibility index (Phi) is 6.29. The van der Waals surface area contributed by atoms with Crippen LogP contribution in [0.25, 0.3) is 0 Å². The molecule has 2 aromatic carbocycles. The smallest absolute Gasteiger partial charge is 0.258 e. The molecule has 2 N–H and O–H groups in total. The van der Waals surface area contributed by atoms with Gasteiger partial charge in [0.2, 0.25) is 5.96 Å². The quantitative estimate of drug-likeness (QED) is 0.503. The van der Waals surface area contributed by atoms with Gasteiger partial charge in [-0.1, -0.05) is 23.7 Å². The van der Waals surface area contributed by atoms with Gasteiger partial charge in [-0.05, 0) is 48.5 Å². The van der Waals surface area contributed by atoms with Gasteiger partial charge in [-0.25, -0.2) is 13.8 Å². The summed E-state index contributed by atoms with van der Waals surface area (Å²) in [5.41, 5.74) is 1.23. The number of halogens is 3. The molecule has 0 fully saturated rings. The first-order chi connectivity index (χ1) is 13.5. The molecule has 0 saturated carbocycles. The lowest BCUT2D eigenvalue weighted by atomic mass is 10.2. The molecule has 8 heteroatoms. The highest BCUT2D eigenvalue weighted by Gasteiger charge is 2.11. The Balaban J connectivity index is 1.82. The Morgan fingerprint density at radius 2 is 1.93 bits per heavy atom. The summed E-state index contributed by atoms with van der Waals surface area (Å²) in [6.07, 6.45) is 1.63. The average molecular weight is 401 g/mol. The first-order valence-corrected chi connectivity index (χ1v) is 8.62. The monoisotopic (exact) mass is 400 g/mol. The Hall–Kier alpha value is -3.32. The van der Waals surface area contributed by atoms with E-state index in [0.717, 1.165) is 6.07 Å². The summed E-state index contributed by atoms with van der Waals surface area (Å²) in [7, 11) is 0. The predicted molar refractivity (Wildman–Crippen MR) is 104 cm³/mol. The molecular formula is C20H15ClF2N4O. The number of amides is 1. The van der Waals surface area contributed by atoms with Gasteiger partial charge in [-0.2, -0.15) is 0 Å². The van der Waals surface area contributed by atoms with Crippen LogP contribution in [0.2, 0.25) is 5.02 Å². The number of hydrogen-bond donors (Lipinski definition) is 2. The van der Waals surface area contributed by atoms with Gasteiger partial charge >= 0.3 is 0 Å². The third-order valence-electron chi connectivity index (χ3n) is 3.63. The van der Waals surface area contributed by atoms with Crippen LogP contribution in [0, 0.1) is 11.6 Å². The van der Waals surface area contributed by atoms with E-state index in [4.69, 9.17) is 11.6 Å². The zero-order valence-corrected chi connectivity index (χ0v) is 15.3. The molecule has 1 aromatic heterocycles. The van der Waals surface area contributed by atoms with E-state index >= 15 is 0 Å². The van der Waals surface area contributed by atoms with Crippen LogP contribution in [0.15, 0.2) is 71.9 Å². The minimum absolute atomic E-state index is 0.0782. The zero-order chi connectivity index (χ0) is 19.9. The maximum absolute atomic E-state index is 13.4. The maximum Gasteiger partial charge on any atom is 0.258 e. The van der Waals surface area contributed by atoms with E-state index in [1.54, 1.807) is 18.3 Å². The molecular weight excluding hydrogens is 386 g/mol. The average Bonchev–Trinajstić information content (AvgIpc) is 2.69. The number of rotatable bonds is 4. The summed E-state index contributed by atoms with van der Waals surface area (Å²) >= 11 is 5.80. The molecule has 0 unspecified atom stereocenters. The van der Waals surface area contributed by atoms with Crippen LogP contribution >= 0.6 is 11.6 Å². The van der Waals surface area contributed by atoms with E-state index in [0.29, 0.717) is 11.4 Å². The lowest BCUT2D eigenvalue weighted by molar-refractivity contribution is 0.0976. The number of carbonyl (C=O) groups excluding carboxylic acids is 1. The van der Waals surface area contributed by atoms with Gasteiger partial charge in [0.15, 0.2) is 0 Å². The molecule has 0 atom stereocenters. The van der Waals surface area contributed by atoms with Gasteiger partial charge in [-0.3, -0.25) is 15.1 Å². The summed E-state index contributed by atoms with van der Waals surface area (Å²) in [5, 5.41) is 5.38. The summed E-state index contributed by atoms with van der Waals surface area (Å²) in [4.78, 5) is 20.9. The van der Waals surface area contributed by atoms with E-state index in [-0.39, 0.29) is 23.1 Å². The number of anilines is 1. The molecule has 0 bridgehead atoms. The van der Waals surface area contributed by atoms with E-state index in [1.807, 2.05) is 6.07 Å². The summed E-state index contributed by atoms with van der Waals surface area (Å²) in [6.45, 7) is 0.182. The van der Waals surface area contributed by atoms with E-state index in [1.165, 1.54) is 36.4 Å². The summed E-state index contributed by atoms with van der Waals surface area (Å²) in [6, 6.07) is 14.6. The van der Waals surface area contributed by atoms with Crippen molar-refractivity contribution in [2.24, 2.45) is 4.99 Å².